The highest BCUT2D eigenvalue weighted by Gasteiger charge is 2.30. The number of halogens is 1. The third-order valence-corrected chi connectivity index (χ3v) is 14.3. The molecule has 1 heterocycles. The summed E-state index contributed by atoms with van der Waals surface area (Å²) in [5.74, 6) is 0.799. The molecule has 4 aromatic rings. The summed E-state index contributed by atoms with van der Waals surface area (Å²) in [7, 11) is -0.425. The fourth-order valence-corrected chi connectivity index (χ4v) is 10.3. The van der Waals surface area contributed by atoms with Gasteiger partial charge in [0, 0.05) is 78.0 Å². The molecular formula is C49H62ClN7O4S2. The quantitative estimate of drug-likeness (QED) is 0.0348. The van der Waals surface area contributed by atoms with Gasteiger partial charge in [-0.15, -0.1) is 16.2 Å². The van der Waals surface area contributed by atoms with E-state index in [1.54, 1.807) is 18.0 Å². The number of aryl methyl sites for hydroxylation is 1. The van der Waals surface area contributed by atoms with Crippen LogP contribution in [0.1, 0.15) is 70.1 Å². The molecule has 63 heavy (non-hydrogen) atoms. The maximum Gasteiger partial charge on any atom is 0.293 e. The van der Waals surface area contributed by atoms with E-state index in [1.165, 1.54) is 35.3 Å². The van der Waals surface area contributed by atoms with Crippen molar-refractivity contribution >= 4 is 61.9 Å². The van der Waals surface area contributed by atoms with Crippen LogP contribution in [0.2, 0.25) is 5.02 Å². The Morgan fingerprint density at radius 3 is 2.37 bits per heavy atom. The van der Waals surface area contributed by atoms with Crippen LogP contribution in [0.25, 0.3) is 5.57 Å². The standard InChI is InChI=1S/C49H62ClN7O4S2/c1-35(2)32-51-48(53-63(60,61)43-18-20-46(47(30-43)57(58)59)52-40(22-24-54(6)7)34-62-42-11-9-8-10-12-42)44-19-17-41(29-36(44)3)56-27-25-55(26-28-56)33-38-31-49(4,5)23-21-45(38)37-13-15-39(50)16-14-37/h8-20,29-30,32,40,52H,21-28,31,33-34H2,1-7H3,(H,51,53). The van der Waals surface area contributed by atoms with E-state index in [0.717, 1.165) is 91.3 Å². The number of nitro benzene ring substituents is 1. The SMILES string of the molecule is CC(C)=CN/C(=N\S(=O)(=O)c1ccc(NC(CCN(C)C)CSc2ccccc2)c([N+](=O)[O-])c1)c1ccc(N2CCN(CC3=C(c4ccc(Cl)cc4)CCC(C)(C)C3)CC2)cc1C. The highest BCUT2D eigenvalue weighted by atomic mass is 35.5. The number of thioether (sulfide) groups is 1. The second-order valence-corrected chi connectivity index (χ2v) is 21.1. The highest BCUT2D eigenvalue weighted by molar-refractivity contribution is 7.99. The van der Waals surface area contributed by atoms with Gasteiger partial charge in [0.25, 0.3) is 15.7 Å². The summed E-state index contributed by atoms with van der Waals surface area (Å²) in [4.78, 5) is 19.7. The summed E-state index contributed by atoms with van der Waals surface area (Å²) < 4.78 is 32.4. The smallest absolute Gasteiger partial charge is 0.293 e. The minimum Gasteiger partial charge on any atom is -0.376 e. The van der Waals surface area contributed by atoms with Crippen molar-refractivity contribution in [3.63, 3.8) is 0 Å². The van der Waals surface area contributed by atoms with Gasteiger partial charge in [-0.05, 0) is 144 Å². The van der Waals surface area contributed by atoms with Crippen LogP contribution in [-0.4, -0.2) is 94.1 Å². The molecule has 0 saturated carbocycles. The van der Waals surface area contributed by atoms with Crippen molar-refractivity contribution in [2.24, 2.45) is 9.81 Å². The minimum absolute atomic E-state index is 0.118. The first kappa shape index (κ1) is 47.8. The fourth-order valence-electron chi connectivity index (χ4n) is 8.14. The Labute approximate surface area is 383 Å². The van der Waals surface area contributed by atoms with Crippen LogP contribution >= 0.6 is 23.4 Å². The molecular weight excluding hydrogens is 850 g/mol. The van der Waals surface area contributed by atoms with Crippen LogP contribution < -0.4 is 15.5 Å². The van der Waals surface area contributed by atoms with Crippen LogP contribution in [0.3, 0.4) is 0 Å². The van der Waals surface area contributed by atoms with Gasteiger partial charge in [0.1, 0.15) is 5.69 Å². The second kappa shape index (κ2) is 21.3. The number of hydrogen-bond acceptors (Lipinski definition) is 9. The molecule has 2 N–H and O–H groups in total. The van der Waals surface area contributed by atoms with Gasteiger partial charge in [0.2, 0.25) is 0 Å². The van der Waals surface area contributed by atoms with E-state index in [1.807, 2.05) is 89.5 Å². The minimum atomic E-state index is -4.39. The predicted molar refractivity (Wildman–Crippen MR) is 263 cm³/mol. The Morgan fingerprint density at radius 1 is 1.00 bits per heavy atom. The summed E-state index contributed by atoms with van der Waals surface area (Å²) >= 11 is 7.90. The first-order chi connectivity index (χ1) is 30.0. The van der Waals surface area contributed by atoms with E-state index in [2.05, 4.69) is 61.8 Å². The molecule has 4 aromatic carbocycles. The normalized spacial score (nSPS) is 16.5. The Kier molecular flexibility index (Phi) is 16.2. The summed E-state index contributed by atoms with van der Waals surface area (Å²) in [6, 6.07) is 28.1. The molecule has 1 fully saturated rings. The van der Waals surface area contributed by atoms with Gasteiger partial charge >= 0.3 is 0 Å². The van der Waals surface area contributed by atoms with Gasteiger partial charge < -0.3 is 20.4 Å². The molecule has 1 unspecified atom stereocenters. The zero-order chi connectivity index (χ0) is 45.3. The van der Waals surface area contributed by atoms with Crippen LogP contribution in [0.5, 0.6) is 0 Å². The molecule has 14 heteroatoms. The number of nitrogens with zero attached hydrogens (tertiary/aromatic N) is 5. The first-order valence-electron chi connectivity index (χ1n) is 21.6. The van der Waals surface area contributed by atoms with Crippen molar-refractivity contribution in [1.82, 2.24) is 15.1 Å². The van der Waals surface area contributed by atoms with Gasteiger partial charge in [-0.25, -0.2) is 0 Å². The average Bonchev–Trinajstić information content (AvgIpc) is 3.24. The van der Waals surface area contributed by atoms with E-state index < -0.39 is 14.9 Å². The molecule has 11 nitrogen and oxygen atoms in total. The summed E-state index contributed by atoms with van der Waals surface area (Å²) in [5.41, 5.74) is 7.90. The van der Waals surface area contributed by atoms with Crippen molar-refractivity contribution in [3.05, 3.63) is 140 Å². The molecule has 1 saturated heterocycles. The number of piperazine rings is 1. The van der Waals surface area contributed by atoms with Gasteiger partial charge in [0.15, 0.2) is 5.84 Å². The van der Waals surface area contributed by atoms with Crippen molar-refractivity contribution < 1.29 is 13.3 Å². The van der Waals surface area contributed by atoms with Crippen molar-refractivity contribution in [3.8, 4) is 0 Å². The lowest BCUT2D eigenvalue weighted by Gasteiger charge is -2.39. The lowest BCUT2D eigenvalue weighted by atomic mass is 9.73. The van der Waals surface area contributed by atoms with E-state index in [-0.39, 0.29) is 33.6 Å². The van der Waals surface area contributed by atoms with Crippen molar-refractivity contribution in [1.29, 1.82) is 0 Å². The van der Waals surface area contributed by atoms with E-state index in [0.29, 0.717) is 11.3 Å². The van der Waals surface area contributed by atoms with Crippen molar-refractivity contribution in [2.45, 2.75) is 76.1 Å². The van der Waals surface area contributed by atoms with E-state index >= 15 is 0 Å². The molecule has 1 aliphatic heterocycles. The maximum absolute atomic E-state index is 14.0. The van der Waals surface area contributed by atoms with Gasteiger partial charge in [-0.3, -0.25) is 15.0 Å². The molecule has 1 atom stereocenters. The Bertz CT molecular complexity index is 2430. The monoisotopic (exact) mass is 911 g/mol. The summed E-state index contributed by atoms with van der Waals surface area (Å²) in [5, 5.41) is 19.7. The van der Waals surface area contributed by atoms with Crippen LogP contribution in [0.15, 0.2) is 123 Å². The molecule has 2 aliphatic rings. The highest BCUT2D eigenvalue weighted by Crippen LogP contribution is 2.43. The first-order valence-corrected chi connectivity index (χ1v) is 24.4. The molecule has 0 bridgehead atoms. The number of anilines is 2. The average molecular weight is 913 g/mol. The number of rotatable bonds is 17. The van der Waals surface area contributed by atoms with E-state index in [4.69, 9.17) is 11.6 Å². The molecule has 0 spiro atoms. The van der Waals surface area contributed by atoms with E-state index in [9.17, 15) is 18.5 Å². The van der Waals surface area contributed by atoms with Crippen LogP contribution in [0.4, 0.5) is 17.1 Å². The zero-order valence-corrected chi connectivity index (χ0v) is 40.0. The summed E-state index contributed by atoms with van der Waals surface area (Å²) in [6.45, 7) is 15.8. The third-order valence-electron chi connectivity index (χ3n) is 11.6. The molecule has 0 radical (unpaired) electrons. The molecule has 6 rings (SSSR count). The predicted octanol–water partition coefficient (Wildman–Crippen LogP) is 10.5. The zero-order valence-electron chi connectivity index (χ0n) is 37.7. The number of benzene rings is 4. The number of nitro groups is 1. The molecule has 336 valence electrons. The Balaban J connectivity index is 1.19. The lowest BCUT2D eigenvalue weighted by molar-refractivity contribution is -0.384. The number of hydrogen-bond donors (Lipinski definition) is 2. The van der Waals surface area contributed by atoms with Gasteiger partial charge in [-0.1, -0.05) is 66.9 Å². The third kappa shape index (κ3) is 13.4. The Hall–Kier alpha value is -4.66. The maximum atomic E-state index is 14.0. The number of sulfonamides is 1. The lowest BCUT2D eigenvalue weighted by Crippen LogP contribution is -2.47. The number of amidine groups is 1. The number of allylic oxidation sites excluding steroid dienone is 2. The van der Waals surface area contributed by atoms with Crippen LogP contribution in [-0.2, 0) is 10.0 Å². The largest absolute Gasteiger partial charge is 0.376 e. The molecule has 0 amide bonds. The molecule has 0 aromatic heterocycles. The summed E-state index contributed by atoms with van der Waals surface area (Å²) in [6.07, 6.45) is 5.76. The topological polar surface area (TPSA) is 123 Å². The van der Waals surface area contributed by atoms with Crippen LogP contribution in [0, 0.1) is 22.5 Å². The van der Waals surface area contributed by atoms with Gasteiger partial charge in [0.05, 0.1) is 9.82 Å². The van der Waals surface area contributed by atoms with Crippen molar-refractivity contribution in [2.75, 3.05) is 69.3 Å². The Morgan fingerprint density at radius 2 is 1.71 bits per heavy atom. The fraction of sp³-hybridized carbons (Fsp3) is 0.408. The molecule has 1 aliphatic carbocycles. The second-order valence-electron chi connectivity index (χ2n) is 18.0. The van der Waals surface area contributed by atoms with Gasteiger partial charge in [-0.2, -0.15) is 8.42 Å². The number of nitrogens with one attached hydrogen (secondary N) is 2.